The highest BCUT2D eigenvalue weighted by Crippen LogP contribution is 2.60. The van der Waals surface area contributed by atoms with E-state index in [0.717, 1.165) is 17.1 Å². The molecule has 0 N–H and O–H groups in total. The largest absolute Gasteiger partial charge is 0.310 e. The fourth-order valence-electron chi connectivity index (χ4n) is 13.4. The molecule has 0 bridgehead atoms. The van der Waals surface area contributed by atoms with Gasteiger partial charge in [-0.25, -0.2) is 0 Å². The predicted octanol–water partition coefficient (Wildman–Crippen LogP) is 17.8. The van der Waals surface area contributed by atoms with E-state index in [1.54, 1.807) is 0 Å². The maximum atomic E-state index is 2.55. The van der Waals surface area contributed by atoms with Crippen LogP contribution in [0, 0.1) is 13.8 Å². The lowest BCUT2D eigenvalue weighted by Gasteiger charge is -2.35. The van der Waals surface area contributed by atoms with E-state index in [9.17, 15) is 0 Å². The number of aryl methyl sites for hydroxylation is 2. The van der Waals surface area contributed by atoms with Gasteiger partial charge in [-0.15, -0.1) is 0 Å². The van der Waals surface area contributed by atoms with Crippen molar-refractivity contribution >= 4 is 38.9 Å². The number of hydrogen-bond acceptors (Lipinski definition) is 1. The number of rotatable bonds is 6. The first-order valence-corrected chi connectivity index (χ1v) is 25.3. The number of fused-ring (bicyclic) bond motifs is 12. The Hall–Kier alpha value is -8.20. The summed E-state index contributed by atoms with van der Waals surface area (Å²) in [7, 11) is 0. The van der Waals surface area contributed by atoms with Crippen molar-refractivity contribution in [3.63, 3.8) is 0 Å². The van der Waals surface area contributed by atoms with Crippen molar-refractivity contribution in [2.24, 2.45) is 0 Å². The van der Waals surface area contributed by atoms with Crippen LogP contribution in [0.3, 0.4) is 0 Å². The molecule has 14 rings (SSSR count). The number of aromatic nitrogens is 1. The summed E-state index contributed by atoms with van der Waals surface area (Å²) in [6.45, 7) is 13.9. The summed E-state index contributed by atoms with van der Waals surface area (Å²) >= 11 is 0. The maximum absolute atomic E-state index is 2.55. The Kier molecular flexibility index (Phi) is 8.76. The van der Waals surface area contributed by atoms with Crippen LogP contribution >= 0.6 is 0 Å². The second-order valence-electron chi connectivity index (χ2n) is 21.4. The number of nitrogens with zero attached hydrogens (tertiary/aromatic N) is 2. The van der Waals surface area contributed by atoms with E-state index < -0.39 is 5.41 Å². The number of anilines is 3. The van der Waals surface area contributed by atoms with Gasteiger partial charge in [-0.3, -0.25) is 0 Å². The van der Waals surface area contributed by atoms with Gasteiger partial charge in [-0.05, 0) is 141 Å². The lowest BCUT2D eigenvalue weighted by Crippen LogP contribution is -2.29. The van der Waals surface area contributed by atoms with Crippen LogP contribution in [0.2, 0.25) is 0 Å². The Morgan fingerprint density at radius 1 is 0.338 bits per heavy atom. The molecule has 2 nitrogen and oxygen atoms in total. The van der Waals surface area contributed by atoms with Gasteiger partial charge in [0, 0.05) is 44.2 Å². The quantitative estimate of drug-likeness (QED) is 0.161. The molecule has 0 amide bonds. The van der Waals surface area contributed by atoms with Crippen molar-refractivity contribution in [3.8, 4) is 39.1 Å². The van der Waals surface area contributed by atoms with Crippen LogP contribution < -0.4 is 4.90 Å². The molecule has 2 heteroatoms. The molecule has 71 heavy (non-hydrogen) atoms. The van der Waals surface area contributed by atoms with Gasteiger partial charge < -0.3 is 9.47 Å². The summed E-state index contributed by atoms with van der Waals surface area (Å²) in [5.41, 5.74) is 26.9. The van der Waals surface area contributed by atoms with Gasteiger partial charge in [0.1, 0.15) is 0 Å². The van der Waals surface area contributed by atoms with E-state index in [1.807, 2.05) is 0 Å². The smallest absolute Gasteiger partial charge is 0.0715 e. The Morgan fingerprint density at radius 3 is 1.25 bits per heavy atom. The predicted molar refractivity (Wildman–Crippen MR) is 297 cm³/mol. The van der Waals surface area contributed by atoms with Crippen molar-refractivity contribution in [1.82, 2.24) is 4.57 Å². The lowest BCUT2D eigenvalue weighted by molar-refractivity contribution is 0.660. The van der Waals surface area contributed by atoms with Crippen LogP contribution in [0.1, 0.15) is 83.3 Å². The second kappa shape index (κ2) is 14.9. The van der Waals surface area contributed by atoms with E-state index in [-0.39, 0.29) is 10.8 Å². The summed E-state index contributed by atoms with van der Waals surface area (Å²) in [5, 5.41) is 2.52. The monoisotopic (exact) mass is 910 g/mol. The highest BCUT2D eigenvalue weighted by molar-refractivity contribution is 6.10. The Balaban J connectivity index is 1.07. The summed E-state index contributed by atoms with van der Waals surface area (Å²) in [6.07, 6.45) is 0. The molecule has 10 aromatic carbocycles. The Bertz CT molecular complexity index is 3800. The van der Waals surface area contributed by atoms with E-state index in [4.69, 9.17) is 0 Å². The molecule has 1 aromatic heterocycles. The fourth-order valence-corrected chi connectivity index (χ4v) is 13.4. The average Bonchev–Trinajstić information content (AvgIpc) is 4.04. The van der Waals surface area contributed by atoms with E-state index >= 15 is 0 Å². The standard InChI is InChI=1S/C69H54N2/c1-43-26-30-45(31-27-43)69(46-32-28-44(2)29-33-46)59-22-15-25-65(71-63-23-13-9-18-54(63)55-19-10-14-24-64(55)71)66(59)56-39-36-49(42-62(56)69)70(47-34-37-52-50-16-7-11-20-57(50)67(3,4)60(52)40-47)48-35-38-53-51-17-8-12-21-58(51)68(5,6)61(53)41-48/h7-42H,1-6H3. The summed E-state index contributed by atoms with van der Waals surface area (Å²) in [5.74, 6) is 0. The molecule has 0 fully saturated rings. The molecule has 0 radical (unpaired) electrons. The van der Waals surface area contributed by atoms with Crippen LogP contribution in [0.4, 0.5) is 17.1 Å². The first-order chi connectivity index (χ1) is 34.5. The maximum Gasteiger partial charge on any atom is 0.0715 e. The minimum Gasteiger partial charge on any atom is -0.310 e. The van der Waals surface area contributed by atoms with Crippen LogP contribution in [-0.2, 0) is 16.2 Å². The molecule has 0 atom stereocenters. The van der Waals surface area contributed by atoms with Crippen LogP contribution in [0.5, 0.6) is 0 Å². The number of para-hydroxylation sites is 2. The third-order valence-corrected chi connectivity index (χ3v) is 16.8. The third kappa shape index (κ3) is 5.71. The SMILES string of the molecule is Cc1ccc(C2(c3ccc(C)cc3)c3cc(N(c4ccc5c(c4)C(C)(C)c4ccccc4-5)c4ccc5c(c4)C(C)(C)c4ccccc4-5)ccc3-c3c(-n4c5ccccc5c5ccccc54)cccc32)cc1. The van der Waals surface area contributed by atoms with Gasteiger partial charge in [0.05, 0.1) is 22.1 Å². The summed E-state index contributed by atoms with van der Waals surface area (Å²) in [4.78, 5) is 2.55. The normalized spacial score (nSPS) is 15.0. The Morgan fingerprint density at radius 2 is 0.746 bits per heavy atom. The molecular weight excluding hydrogens is 857 g/mol. The molecule has 3 aliphatic carbocycles. The first-order valence-electron chi connectivity index (χ1n) is 25.3. The average molecular weight is 911 g/mol. The molecular formula is C69H54N2. The van der Waals surface area contributed by atoms with Gasteiger partial charge in [0.2, 0.25) is 0 Å². The molecule has 0 spiro atoms. The fraction of sp³-hybridized carbons (Fsp3) is 0.130. The number of hydrogen-bond donors (Lipinski definition) is 0. The molecule has 3 aliphatic rings. The zero-order chi connectivity index (χ0) is 48.0. The van der Waals surface area contributed by atoms with Crippen molar-refractivity contribution in [2.45, 2.75) is 57.8 Å². The zero-order valence-corrected chi connectivity index (χ0v) is 41.2. The lowest BCUT2D eigenvalue weighted by atomic mass is 9.67. The van der Waals surface area contributed by atoms with E-state index in [1.165, 1.54) is 117 Å². The third-order valence-electron chi connectivity index (χ3n) is 16.8. The van der Waals surface area contributed by atoms with E-state index in [0.29, 0.717) is 0 Å². The van der Waals surface area contributed by atoms with Gasteiger partial charge in [0.15, 0.2) is 0 Å². The molecule has 0 saturated carbocycles. The van der Waals surface area contributed by atoms with Crippen LogP contribution in [0.25, 0.3) is 60.9 Å². The molecule has 0 saturated heterocycles. The molecule has 0 aliphatic heterocycles. The van der Waals surface area contributed by atoms with Gasteiger partial charge in [-0.1, -0.05) is 203 Å². The van der Waals surface area contributed by atoms with E-state index in [2.05, 4.69) is 269 Å². The van der Waals surface area contributed by atoms with Gasteiger partial charge in [0.25, 0.3) is 0 Å². The molecule has 11 aromatic rings. The van der Waals surface area contributed by atoms with Crippen molar-refractivity contribution in [3.05, 3.63) is 274 Å². The minimum absolute atomic E-state index is 0.163. The molecule has 1 heterocycles. The van der Waals surface area contributed by atoms with Crippen molar-refractivity contribution < 1.29 is 0 Å². The molecule has 340 valence electrons. The minimum atomic E-state index is -0.647. The van der Waals surface area contributed by atoms with Crippen molar-refractivity contribution in [1.29, 1.82) is 0 Å². The Labute approximate surface area is 417 Å². The topological polar surface area (TPSA) is 8.17 Å². The van der Waals surface area contributed by atoms with Gasteiger partial charge >= 0.3 is 0 Å². The van der Waals surface area contributed by atoms with Crippen molar-refractivity contribution in [2.75, 3.05) is 4.90 Å². The summed E-state index contributed by atoms with van der Waals surface area (Å²) in [6, 6.07) is 83.3. The second-order valence-corrected chi connectivity index (χ2v) is 21.4. The zero-order valence-electron chi connectivity index (χ0n) is 41.2. The summed E-state index contributed by atoms with van der Waals surface area (Å²) < 4.78 is 2.52. The number of benzene rings is 10. The van der Waals surface area contributed by atoms with Gasteiger partial charge in [-0.2, -0.15) is 0 Å². The van der Waals surface area contributed by atoms with Crippen LogP contribution in [-0.4, -0.2) is 4.57 Å². The highest BCUT2D eigenvalue weighted by Gasteiger charge is 2.48. The highest BCUT2D eigenvalue weighted by atomic mass is 15.1. The molecule has 0 unspecified atom stereocenters. The first kappa shape index (κ1) is 41.7. The van der Waals surface area contributed by atoms with Crippen LogP contribution in [0.15, 0.2) is 218 Å².